The van der Waals surface area contributed by atoms with Crippen molar-refractivity contribution in [2.24, 2.45) is 11.3 Å². The van der Waals surface area contributed by atoms with Crippen molar-refractivity contribution in [2.45, 2.75) is 33.1 Å². The van der Waals surface area contributed by atoms with E-state index in [0.717, 1.165) is 18.4 Å². The molecule has 0 aromatic rings. The summed E-state index contributed by atoms with van der Waals surface area (Å²) in [6.45, 7) is 4.09. The summed E-state index contributed by atoms with van der Waals surface area (Å²) in [7, 11) is 0. The molecule has 0 aromatic heterocycles. The van der Waals surface area contributed by atoms with E-state index >= 15 is 0 Å². The number of ether oxygens (including phenoxy) is 1. The lowest BCUT2D eigenvalue weighted by Crippen LogP contribution is -2.39. The van der Waals surface area contributed by atoms with Crippen molar-refractivity contribution in [3.63, 3.8) is 0 Å². The van der Waals surface area contributed by atoms with E-state index < -0.39 is 5.41 Å². The number of rotatable bonds is 2. The molecule has 0 aromatic carbocycles. The van der Waals surface area contributed by atoms with Gasteiger partial charge in [-0.2, -0.15) is 0 Å². The smallest absolute Gasteiger partial charge is 0.323 e. The second-order valence-corrected chi connectivity index (χ2v) is 4.49. The molecule has 3 nitrogen and oxygen atoms in total. The van der Waals surface area contributed by atoms with Crippen LogP contribution in [0.25, 0.3) is 0 Å². The highest BCUT2D eigenvalue weighted by Gasteiger charge is 2.54. The van der Waals surface area contributed by atoms with Crippen LogP contribution >= 0.6 is 0 Å². The van der Waals surface area contributed by atoms with Gasteiger partial charge in [0.25, 0.3) is 0 Å². The molecule has 1 fully saturated rings. The number of hydrogen-bond acceptors (Lipinski definition) is 3. The number of hydrogen-bond donors (Lipinski definition) is 0. The SMILES string of the molecule is CCOC(=O)[C@@]12C=C(C)C[C@@H](CC1)C2=O. The van der Waals surface area contributed by atoms with Crippen LogP contribution in [0.1, 0.15) is 33.1 Å². The Labute approximate surface area is 89.5 Å². The molecule has 0 heterocycles. The Kier molecular flexibility index (Phi) is 2.41. The Morgan fingerprint density at radius 1 is 1.67 bits per heavy atom. The predicted octanol–water partition coefficient (Wildman–Crippen LogP) is 1.86. The molecule has 2 aliphatic carbocycles. The molecule has 0 spiro atoms. The molecule has 82 valence electrons. The third kappa shape index (κ3) is 1.41. The van der Waals surface area contributed by atoms with Gasteiger partial charge in [0, 0.05) is 5.92 Å². The Morgan fingerprint density at radius 2 is 2.40 bits per heavy atom. The third-order valence-electron chi connectivity index (χ3n) is 3.40. The second kappa shape index (κ2) is 3.47. The van der Waals surface area contributed by atoms with Gasteiger partial charge in [-0.05, 0) is 33.1 Å². The van der Waals surface area contributed by atoms with E-state index in [9.17, 15) is 9.59 Å². The zero-order valence-corrected chi connectivity index (χ0v) is 9.21. The van der Waals surface area contributed by atoms with Crippen LogP contribution in [0.3, 0.4) is 0 Å². The molecule has 1 saturated carbocycles. The first kappa shape index (κ1) is 10.4. The van der Waals surface area contributed by atoms with Gasteiger partial charge in [0.1, 0.15) is 5.41 Å². The molecule has 0 aliphatic heterocycles. The van der Waals surface area contributed by atoms with E-state index in [1.54, 1.807) is 6.92 Å². The Morgan fingerprint density at radius 3 is 3.07 bits per heavy atom. The Hall–Kier alpha value is -1.12. The molecule has 0 saturated heterocycles. The molecule has 3 heteroatoms. The molecule has 2 bridgehead atoms. The van der Waals surface area contributed by atoms with E-state index in [0.29, 0.717) is 13.0 Å². The van der Waals surface area contributed by atoms with E-state index in [2.05, 4.69) is 0 Å². The van der Waals surface area contributed by atoms with Gasteiger partial charge in [0.2, 0.25) is 0 Å². The lowest BCUT2D eigenvalue weighted by molar-refractivity contribution is -0.156. The first-order chi connectivity index (χ1) is 7.10. The molecular formula is C12H16O3. The summed E-state index contributed by atoms with van der Waals surface area (Å²) < 4.78 is 5.02. The summed E-state index contributed by atoms with van der Waals surface area (Å²) in [5.74, 6) is -0.220. The molecule has 2 rings (SSSR count). The van der Waals surface area contributed by atoms with E-state index in [-0.39, 0.29) is 17.7 Å². The zero-order valence-electron chi connectivity index (χ0n) is 9.21. The molecule has 2 atom stereocenters. The number of ketones is 1. The maximum Gasteiger partial charge on any atom is 0.323 e. The summed E-state index contributed by atoms with van der Waals surface area (Å²) in [6.07, 6.45) is 4.11. The summed E-state index contributed by atoms with van der Waals surface area (Å²) in [4.78, 5) is 23.9. The Balaban J connectivity index is 2.36. The third-order valence-corrected chi connectivity index (χ3v) is 3.40. The van der Waals surface area contributed by atoms with Crippen LogP contribution in [0.5, 0.6) is 0 Å². The zero-order chi connectivity index (χ0) is 11.1. The van der Waals surface area contributed by atoms with Gasteiger partial charge in [0.05, 0.1) is 6.61 Å². The lowest BCUT2D eigenvalue weighted by atomic mass is 9.77. The standard InChI is InChI=1S/C12H16O3/c1-3-15-11(14)12-5-4-9(10(12)13)6-8(2)7-12/h7,9H,3-6H2,1-2H3/t9-,12-/m1/s1. The molecule has 0 N–H and O–H groups in total. The van der Waals surface area contributed by atoms with Crippen molar-refractivity contribution in [3.8, 4) is 0 Å². The highest BCUT2D eigenvalue weighted by atomic mass is 16.5. The van der Waals surface area contributed by atoms with Gasteiger partial charge >= 0.3 is 5.97 Å². The van der Waals surface area contributed by atoms with Crippen molar-refractivity contribution >= 4 is 11.8 Å². The van der Waals surface area contributed by atoms with Gasteiger partial charge in [-0.1, -0.05) is 11.6 Å². The second-order valence-electron chi connectivity index (χ2n) is 4.49. The first-order valence-corrected chi connectivity index (χ1v) is 5.50. The Bertz CT molecular complexity index is 343. The van der Waals surface area contributed by atoms with Gasteiger partial charge in [-0.15, -0.1) is 0 Å². The largest absolute Gasteiger partial charge is 0.465 e. The van der Waals surface area contributed by atoms with Crippen molar-refractivity contribution in [3.05, 3.63) is 11.6 Å². The van der Waals surface area contributed by atoms with E-state index in [1.165, 1.54) is 0 Å². The van der Waals surface area contributed by atoms with Crippen LogP contribution in [0, 0.1) is 11.3 Å². The molecule has 0 amide bonds. The van der Waals surface area contributed by atoms with Gasteiger partial charge < -0.3 is 4.74 Å². The molecule has 0 unspecified atom stereocenters. The monoisotopic (exact) mass is 208 g/mol. The number of fused-ring (bicyclic) bond motifs is 2. The minimum Gasteiger partial charge on any atom is -0.465 e. The topological polar surface area (TPSA) is 43.4 Å². The van der Waals surface area contributed by atoms with Crippen molar-refractivity contribution in [1.29, 1.82) is 0 Å². The van der Waals surface area contributed by atoms with Gasteiger partial charge in [-0.25, -0.2) is 0 Å². The van der Waals surface area contributed by atoms with Crippen LogP contribution in [0.15, 0.2) is 11.6 Å². The van der Waals surface area contributed by atoms with Gasteiger partial charge in [-0.3, -0.25) is 9.59 Å². The average Bonchev–Trinajstić information content (AvgIpc) is 2.41. The summed E-state index contributed by atoms with van der Waals surface area (Å²) in [5.41, 5.74) is 0.216. The van der Waals surface area contributed by atoms with Crippen LogP contribution in [0.2, 0.25) is 0 Å². The fourth-order valence-corrected chi connectivity index (χ4v) is 2.75. The summed E-state index contributed by atoms with van der Waals surface area (Å²) in [5, 5.41) is 0. The minimum atomic E-state index is -0.928. The van der Waals surface area contributed by atoms with E-state index in [4.69, 9.17) is 4.74 Å². The molecule has 0 radical (unpaired) electrons. The van der Waals surface area contributed by atoms with Gasteiger partial charge in [0.15, 0.2) is 5.78 Å². The van der Waals surface area contributed by atoms with Crippen molar-refractivity contribution < 1.29 is 14.3 Å². The number of Topliss-reactive ketones (excluding diaryl/α,β-unsaturated/α-hetero) is 1. The first-order valence-electron chi connectivity index (χ1n) is 5.50. The lowest BCUT2D eigenvalue weighted by Gasteiger charge is -2.26. The van der Waals surface area contributed by atoms with E-state index in [1.807, 2.05) is 13.0 Å². The average molecular weight is 208 g/mol. The molecule has 15 heavy (non-hydrogen) atoms. The summed E-state index contributed by atoms with van der Waals surface area (Å²) in [6, 6.07) is 0. The predicted molar refractivity (Wildman–Crippen MR) is 55.2 cm³/mol. The summed E-state index contributed by atoms with van der Waals surface area (Å²) >= 11 is 0. The van der Waals surface area contributed by atoms with Crippen LogP contribution in [0.4, 0.5) is 0 Å². The van der Waals surface area contributed by atoms with Crippen LogP contribution < -0.4 is 0 Å². The highest BCUT2D eigenvalue weighted by Crippen LogP contribution is 2.47. The number of allylic oxidation sites excluding steroid dienone is 1. The normalized spacial score (nSPS) is 33.9. The van der Waals surface area contributed by atoms with Crippen molar-refractivity contribution in [2.75, 3.05) is 6.61 Å². The quantitative estimate of drug-likeness (QED) is 0.395. The van der Waals surface area contributed by atoms with Crippen LogP contribution in [-0.2, 0) is 14.3 Å². The molecular weight excluding hydrogens is 192 g/mol. The fourth-order valence-electron chi connectivity index (χ4n) is 2.75. The molecule has 2 aliphatic rings. The minimum absolute atomic E-state index is 0.0550. The number of esters is 1. The maximum atomic E-state index is 12.0. The van der Waals surface area contributed by atoms with Crippen molar-refractivity contribution in [1.82, 2.24) is 0 Å². The maximum absolute atomic E-state index is 12.0. The fraction of sp³-hybridized carbons (Fsp3) is 0.667. The number of carbonyl (C=O) groups excluding carboxylic acids is 2. The van der Waals surface area contributed by atoms with Crippen LogP contribution in [-0.4, -0.2) is 18.4 Å². The highest BCUT2D eigenvalue weighted by molar-refractivity contribution is 6.09. The number of carbonyl (C=O) groups is 2.